The Hall–Kier alpha value is -2.77. The fourth-order valence-corrected chi connectivity index (χ4v) is 3.10. The van der Waals surface area contributed by atoms with Crippen molar-refractivity contribution in [1.82, 2.24) is 19.7 Å². The Morgan fingerprint density at radius 1 is 1.12 bits per heavy atom. The van der Waals surface area contributed by atoms with E-state index in [1.165, 1.54) is 4.57 Å². The zero-order valence-electron chi connectivity index (χ0n) is 15.3. The minimum atomic E-state index is -0.453. The lowest BCUT2D eigenvalue weighted by Crippen LogP contribution is -2.44. The number of nitrogens with zero attached hydrogens (tertiary/aromatic N) is 3. The maximum Gasteiger partial charge on any atom is 0.419 e. The van der Waals surface area contributed by atoms with Crippen molar-refractivity contribution in [3.8, 4) is 0 Å². The number of benzene rings is 1. The summed E-state index contributed by atoms with van der Waals surface area (Å²) in [6, 6.07) is 4.98. The molecule has 1 aliphatic rings. The summed E-state index contributed by atoms with van der Waals surface area (Å²) in [5.74, 6) is -0.558. The minimum Gasteiger partial charge on any atom is -0.408 e. The van der Waals surface area contributed by atoms with E-state index in [4.69, 9.17) is 4.42 Å². The molecule has 3 rings (SSSR count). The molecule has 2 aromatic rings. The molecule has 0 aliphatic carbocycles. The Morgan fingerprint density at radius 3 is 2.54 bits per heavy atom. The highest BCUT2D eigenvalue weighted by atomic mass is 16.4. The van der Waals surface area contributed by atoms with Crippen LogP contribution in [-0.4, -0.2) is 58.5 Å². The SMILES string of the molecule is CC(C)NC(=O)N1CCCN(C(=O)c2ccc3oc(=O)n(C)c3c2)CC1. The van der Waals surface area contributed by atoms with E-state index in [-0.39, 0.29) is 18.0 Å². The largest absolute Gasteiger partial charge is 0.419 e. The first-order valence-corrected chi connectivity index (χ1v) is 8.81. The second-order valence-electron chi connectivity index (χ2n) is 6.85. The van der Waals surface area contributed by atoms with Crippen LogP contribution in [0.5, 0.6) is 0 Å². The third-order valence-electron chi connectivity index (χ3n) is 4.52. The van der Waals surface area contributed by atoms with E-state index in [9.17, 15) is 14.4 Å². The zero-order valence-corrected chi connectivity index (χ0v) is 15.3. The summed E-state index contributed by atoms with van der Waals surface area (Å²) in [7, 11) is 1.61. The van der Waals surface area contributed by atoms with Crippen molar-refractivity contribution < 1.29 is 14.0 Å². The van der Waals surface area contributed by atoms with Crippen LogP contribution in [0.4, 0.5) is 4.79 Å². The molecule has 0 unspecified atom stereocenters. The molecule has 1 N–H and O–H groups in total. The first kappa shape index (κ1) is 18.0. The van der Waals surface area contributed by atoms with Crippen LogP contribution in [0.25, 0.3) is 11.1 Å². The number of rotatable bonds is 2. The lowest BCUT2D eigenvalue weighted by atomic mass is 10.1. The highest BCUT2D eigenvalue weighted by Gasteiger charge is 2.23. The lowest BCUT2D eigenvalue weighted by Gasteiger charge is -2.23. The number of aromatic nitrogens is 1. The summed E-state index contributed by atoms with van der Waals surface area (Å²) in [6.45, 7) is 6.03. The summed E-state index contributed by atoms with van der Waals surface area (Å²) in [4.78, 5) is 40.1. The van der Waals surface area contributed by atoms with Crippen LogP contribution < -0.4 is 11.1 Å². The number of hydrogen-bond donors (Lipinski definition) is 1. The molecule has 1 aromatic heterocycles. The normalized spacial score (nSPS) is 15.4. The number of hydrogen-bond acceptors (Lipinski definition) is 4. The smallest absolute Gasteiger partial charge is 0.408 e. The molecule has 1 fully saturated rings. The van der Waals surface area contributed by atoms with Gasteiger partial charge in [-0.05, 0) is 38.5 Å². The first-order valence-electron chi connectivity index (χ1n) is 8.81. The Balaban J connectivity index is 1.73. The second-order valence-corrected chi connectivity index (χ2v) is 6.85. The highest BCUT2D eigenvalue weighted by Crippen LogP contribution is 2.17. The van der Waals surface area contributed by atoms with Crippen LogP contribution >= 0.6 is 0 Å². The monoisotopic (exact) mass is 360 g/mol. The summed E-state index contributed by atoms with van der Waals surface area (Å²) in [6.07, 6.45) is 0.726. The van der Waals surface area contributed by atoms with Gasteiger partial charge >= 0.3 is 11.8 Å². The molecule has 2 heterocycles. The van der Waals surface area contributed by atoms with Gasteiger partial charge in [-0.1, -0.05) is 0 Å². The van der Waals surface area contributed by atoms with E-state index in [1.54, 1.807) is 35.0 Å². The summed E-state index contributed by atoms with van der Waals surface area (Å²) in [5, 5.41) is 2.89. The van der Waals surface area contributed by atoms with Crippen molar-refractivity contribution in [2.45, 2.75) is 26.3 Å². The number of aryl methyl sites for hydroxylation is 1. The Bertz CT molecular complexity index is 883. The first-order chi connectivity index (χ1) is 12.4. The average Bonchev–Trinajstić information content (AvgIpc) is 2.79. The topological polar surface area (TPSA) is 87.8 Å². The third-order valence-corrected chi connectivity index (χ3v) is 4.52. The molecule has 0 bridgehead atoms. The molecule has 3 amide bonds. The molecule has 0 atom stereocenters. The van der Waals surface area contributed by atoms with E-state index in [2.05, 4.69) is 5.32 Å². The van der Waals surface area contributed by atoms with Crippen molar-refractivity contribution in [3.63, 3.8) is 0 Å². The quantitative estimate of drug-likeness (QED) is 0.877. The molecule has 140 valence electrons. The average molecular weight is 360 g/mol. The van der Waals surface area contributed by atoms with Gasteiger partial charge in [0.15, 0.2) is 5.58 Å². The van der Waals surface area contributed by atoms with E-state index in [0.29, 0.717) is 42.8 Å². The second kappa shape index (κ2) is 7.23. The predicted octanol–water partition coefficient (Wildman–Crippen LogP) is 1.40. The number of fused-ring (bicyclic) bond motifs is 1. The van der Waals surface area contributed by atoms with Gasteiger partial charge in [-0.3, -0.25) is 9.36 Å². The van der Waals surface area contributed by atoms with E-state index in [0.717, 1.165) is 6.42 Å². The maximum atomic E-state index is 12.9. The minimum absolute atomic E-state index is 0.0804. The van der Waals surface area contributed by atoms with Gasteiger partial charge in [-0.15, -0.1) is 0 Å². The number of nitrogens with one attached hydrogen (secondary N) is 1. The molecule has 26 heavy (non-hydrogen) atoms. The Morgan fingerprint density at radius 2 is 1.81 bits per heavy atom. The van der Waals surface area contributed by atoms with Crippen LogP contribution in [0.15, 0.2) is 27.4 Å². The molecular weight excluding hydrogens is 336 g/mol. The van der Waals surface area contributed by atoms with Gasteiger partial charge in [0.05, 0.1) is 5.52 Å². The summed E-state index contributed by atoms with van der Waals surface area (Å²) >= 11 is 0. The summed E-state index contributed by atoms with van der Waals surface area (Å²) < 4.78 is 6.48. The van der Waals surface area contributed by atoms with Crippen molar-refractivity contribution in [2.24, 2.45) is 7.05 Å². The molecule has 1 aromatic carbocycles. The van der Waals surface area contributed by atoms with Crippen molar-refractivity contribution in [1.29, 1.82) is 0 Å². The van der Waals surface area contributed by atoms with Crippen LogP contribution in [0, 0.1) is 0 Å². The fraction of sp³-hybridized carbons (Fsp3) is 0.500. The van der Waals surface area contributed by atoms with Crippen molar-refractivity contribution in [2.75, 3.05) is 26.2 Å². The van der Waals surface area contributed by atoms with E-state index < -0.39 is 5.76 Å². The van der Waals surface area contributed by atoms with Crippen LogP contribution in [0.2, 0.25) is 0 Å². The molecule has 8 nitrogen and oxygen atoms in total. The fourth-order valence-electron chi connectivity index (χ4n) is 3.10. The van der Waals surface area contributed by atoms with Gasteiger partial charge in [0.25, 0.3) is 5.91 Å². The highest BCUT2D eigenvalue weighted by molar-refractivity contribution is 5.97. The molecule has 1 aliphatic heterocycles. The van der Waals surface area contributed by atoms with Gasteiger partial charge < -0.3 is 19.5 Å². The van der Waals surface area contributed by atoms with Crippen molar-refractivity contribution >= 4 is 23.0 Å². The van der Waals surface area contributed by atoms with Gasteiger partial charge in [-0.25, -0.2) is 9.59 Å². The number of urea groups is 1. The standard InChI is InChI=1S/C18H24N4O4/c1-12(2)19-17(24)22-8-4-7-21(9-10-22)16(23)13-5-6-15-14(11-13)20(3)18(25)26-15/h5-6,11-12H,4,7-10H2,1-3H3,(H,19,24). The Labute approximate surface area is 151 Å². The number of amides is 3. The molecule has 8 heteroatoms. The van der Waals surface area contributed by atoms with E-state index in [1.807, 2.05) is 13.8 Å². The van der Waals surface area contributed by atoms with Crippen LogP contribution in [-0.2, 0) is 7.05 Å². The predicted molar refractivity (Wildman–Crippen MR) is 97.2 cm³/mol. The number of carbonyl (C=O) groups is 2. The number of carbonyl (C=O) groups excluding carboxylic acids is 2. The van der Waals surface area contributed by atoms with Crippen LogP contribution in [0.3, 0.4) is 0 Å². The maximum absolute atomic E-state index is 12.9. The molecular formula is C18H24N4O4. The van der Waals surface area contributed by atoms with Gasteiger partial charge in [0.1, 0.15) is 0 Å². The van der Waals surface area contributed by atoms with Gasteiger partial charge in [0, 0.05) is 44.8 Å². The molecule has 0 radical (unpaired) electrons. The number of oxazole rings is 1. The van der Waals surface area contributed by atoms with Gasteiger partial charge in [-0.2, -0.15) is 0 Å². The van der Waals surface area contributed by atoms with Crippen LogP contribution in [0.1, 0.15) is 30.6 Å². The molecule has 0 saturated carbocycles. The zero-order chi connectivity index (χ0) is 18.8. The lowest BCUT2D eigenvalue weighted by molar-refractivity contribution is 0.0762. The summed E-state index contributed by atoms with van der Waals surface area (Å²) in [5.41, 5.74) is 1.56. The third kappa shape index (κ3) is 3.58. The molecule has 1 saturated heterocycles. The van der Waals surface area contributed by atoms with Crippen molar-refractivity contribution in [3.05, 3.63) is 34.3 Å². The molecule has 0 spiro atoms. The van der Waals surface area contributed by atoms with Gasteiger partial charge in [0.2, 0.25) is 0 Å². The Kier molecular flexibility index (Phi) is 5.01. The van der Waals surface area contributed by atoms with E-state index >= 15 is 0 Å².